The van der Waals surface area contributed by atoms with Gasteiger partial charge in [0, 0.05) is 45.1 Å². The summed E-state index contributed by atoms with van der Waals surface area (Å²) < 4.78 is 0. The summed E-state index contributed by atoms with van der Waals surface area (Å²) in [7, 11) is 0. The zero-order valence-corrected chi connectivity index (χ0v) is 18.9. The molecule has 3 atom stereocenters. The molecule has 0 bridgehead atoms. The van der Waals surface area contributed by atoms with E-state index < -0.39 is 48.4 Å². The number of amides is 4. The topological polar surface area (TPSA) is 231 Å². The van der Waals surface area contributed by atoms with Crippen molar-refractivity contribution in [3.05, 3.63) is 36.4 Å². The molecule has 0 saturated carbocycles. The molecule has 0 saturated heterocycles. The number of H-pyrrole nitrogens is 2. The molecule has 2 aromatic rings. The Morgan fingerprint density at radius 3 is 1.91 bits per heavy atom. The Bertz CT molecular complexity index is 993. The molecule has 4 amide bonds. The lowest BCUT2D eigenvalue weighted by Crippen LogP contribution is -2.57. The minimum atomic E-state index is -1.48. The molecule has 2 aromatic heterocycles. The van der Waals surface area contributed by atoms with Crippen molar-refractivity contribution in [2.45, 2.75) is 44.3 Å². The van der Waals surface area contributed by atoms with Crippen molar-refractivity contribution in [1.82, 2.24) is 41.2 Å². The van der Waals surface area contributed by atoms with Gasteiger partial charge in [-0.25, -0.2) is 14.8 Å². The lowest BCUT2D eigenvalue weighted by atomic mass is 10.1. The lowest BCUT2D eigenvalue weighted by Gasteiger charge is -2.23. The normalized spacial score (nSPS) is 13.2. The van der Waals surface area contributed by atoms with Crippen LogP contribution in [0.1, 0.15) is 24.7 Å². The number of aromatic nitrogens is 4. The summed E-state index contributed by atoms with van der Waals surface area (Å²) in [6.45, 7) is 0.541. The number of hydrogen-bond donors (Lipinski definition) is 8. The van der Waals surface area contributed by atoms with Crippen molar-refractivity contribution in [2.24, 2.45) is 0 Å². The first-order chi connectivity index (χ1) is 16.7. The number of aromatic amines is 2. The van der Waals surface area contributed by atoms with E-state index in [2.05, 4.69) is 41.2 Å². The van der Waals surface area contributed by atoms with Crippen molar-refractivity contribution in [1.29, 1.82) is 0 Å². The highest BCUT2D eigenvalue weighted by molar-refractivity contribution is 5.93. The number of carboxylic acids is 1. The van der Waals surface area contributed by atoms with E-state index in [0.717, 1.165) is 0 Å². The molecule has 0 aliphatic heterocycles. The van der Waals surface area contributed by atoms with Crippen molar-refractivity contribution in [3.63, 3.8) is 0 Å². The summed E-state index contributed by atoms with van der Waals surface area (Å²) in [6.07, 6.45) is 5.49. The summed E-state index contributed by atoms with van der Waals surface area (Å²) in [6, 6.07) is -4.00. The van der Waals surface area contributed by atoms with Crippen molar-refractivity contribution < 1.29 is 34.2 Å². The number of hydrogen-bond acceptors (Lipinski definition) is 8. The maximum absolute atomic E-state index is 12.9. The molecule has 8 N–H and O–H groups in total. The molecule has 0 spiro atoms. The monoisotopic (exact) mass is 492 g/mol. The van der Waals surface area contributed by atoms with Crippen LogP contribution in [0.4, 0.5) is 0 Å². The van der Waals surface area contributed by atoms with Gasteiger partial charge in [0.1, 0.15) is 18.1 Å². The van der Waals surface area contributed by atoms with E-state index in [1.807, 2.05) is 0 Å². The smallest absolute Gasteiger partial charge is 0.326 e. The molecular weight excluding hydrogens is 464 g/mol. The van der Waals surface area contributed by atoms with Crippen LogP contribution in [0.5, 0.6) is 0 Å². The molecule has 0 fully saturated rings. The minimum Gasteiger partial charge on any atom is -0.480 e. The largest absolute Gasteiger partial charge is 0.480 e. The van der Waals surface area contributed by atoms with E-state index in [9.17, 15) is 34.2 Å². The van der Waals surface area contributed by atoms with Gasteiger partial charge in [0.15, 0.2) is 0 Å². The van der Waals surface area contributed by atoms with Crippen molar-refractivity contribution >= 4 is 29.6 Å². The van der Waals surface area contributed by atoms with Crippen LogP contribution >= 0.6 is 0 Å². The van der Waals surface area contributed by atoms with Crippen LogP contribution in [0.15, 0.2) is 25.0 Å². The number of nitrogens with zero attached hydrogens (tertiary/aromatic N) is 2. The second kappa shape index (κ2) is 13.4. The Balaban J connectivity index is 2.03. The number of aliphatic hydroxyl groups excluding tert-OH is 1. The standard InChI is InChI=1S/C20H28N8O7/c1-11(30)23-3-2-17(31)26-14(4-12-6-21-9-24-12)18(32)28-16(8-29)19(33)27-15(20(34)35)5-13-7-22-10-25-13/h6-7,9-10,14-16,29H,2-5,8H2,1H3,(H,21,24)(H,22,25)(H,23,30)(H,26,31)(H,27,33)(H,28,32)(H,34,35)/t14-,15-,16-/m0/s1. The quantitative estimate of drug-likeness (QED) is 0.134. The second-order valence-electron chi connectivity index (χ2n) is 7.53. The van der Waals surface area contributed by atoms with E-state index in [1.54, 1.807) is 0 Å². The molecule has 190 valence electrons. The maximum Gasteiger partial charge on any atom is 0.326 e. The molecule has 35 heavy (non-hydrogen) atoms. The van der Waals surface area contributed by atoms with Gasteiger partial charge in [0.2, 0.25) is 23.6 Å². The highest BCUT2D eigenvalue weighted by atomic mass is 16.4. The average molecular weight is 492 g/mol. The van der Waals surface area contributed by atoms with Gasteiger partial charge in [-0.2, -0.15) is 0 Å². The molecule has 2 heterocycles. The second-order valence-corrected chi connectivity index (χ2v) is 7.53. The Morgan fingerprint density at radius 2 is 1.43 bits per heavy atom. The predicted molar refractivity (Wildman–Crippen MR) is 118 cm³/mol. The van der Waals surface area contributed by atoms with Gasteiger partial charge in [0.25, 0.3) is 0 Å². The van der Waals surface area contributed by atoms with E-state index in [-0.39, 0.29) is 31.7 Å². The van der Waals surface area contributed by atoms with Crippen LogP contribution in [0.25, 0.3) is 0 Å². The molecule has 0 aliphatic carbocycles. The van der Waals surface area contributed by atoms with E-state index >= 15 is 0 Å². The fourth-order valence-electron chi connectivity index (χ4n) is 2.99. The summed E-state index contributed by atoms with van der Waals surface area (Å²) in [5.74, 6) is -3.91. The highest BCUT2D eigenvalue weighted by Crippen LogP contribution is 2.02. The molecule has 0 radical (unpaired) electrons. The van der Waals surface area contributed by atoms with Crippen LogP contribution in [-0.4, -0.2) is 91.0 Å². The Labute approximate surface area is 199 Å². The number of nitrogens with one attached hydrogen (secondary N) is 6. The first-order valence-corrected chi connectivity index (χ1v) is 10.6. The maximum atomic E-state index is 12.9. The van der Waals surface area contributed by atoms with Crippen LogP contribution in [-0.2, 0) is 36.8 Å². The molecule has 15 heteroatoms. The van der Waals surface area contributed by atoms with Gasteiger partial charge >= 0.3 is 5.97 Å². The van der Waals surface area contributed by atoms with Gasteiger partial charge < -0.3 is 41.4 Å². The first-order valence-electron chi connectivity index (χ1n) is 10.6. The SMILES string of the molecule is CC(=O)NCCC(=O)N[C@@H](Cc1c[nH]cn1)C(=O)N[C@@H](CO)C(=O)N[C@@H](Cc1c[nH]cn1)C(=O)O. The number of imidazole rings is 2. The Morgan fingerprint density at radius 1 is 0.886 bits per heavy atom. The van der Waals surface area contributed by atoms with Gasteiger partial charge in [-0.15, -0.1) is 0 Å². The van der Waals surface area contributed by atoms with Crippen LogP contribution in [0, 0.1) is 0 Å². The molecule has 0 unspecified atom stereocenters. The van der Waals surface area contributed by atoms with Crippen LogP contribution in [0.3, 0.4) is 0 Å². The van der Waals surface area contributed by atoms with Gasteiger partial charge in [0.05, 0.1) is 30.6 Å². The molecule has 2 rings (SSSR count). The van der Waals surface area contributed by atoms with Crippen LogP contribution in [0.2, 0.25) is 0 Å². The number of carbonyl (C=O) groups is 5. The molecule has 0 aliphatic rings. The summed E-state index contributed by atoms with van der Waals surface area (Å²) in [5, 5.41) is 28.6. The first kappa shape index (κ1) is 27.0. The summed E-state index contributed by atoms with van der Waals surface area (Å²) >= 11 is 0. The third-order valence-electron chi connectivity index (χ3n) is 4.74. The number of aliphatic hydroxyl groups is 1. The molecular formula is C20H28N8O7. The van der Waals surface area contributed by atoms with Gasteiger partial charge in [-0.3, -0.25) is 19.2 Å². The van der Waals surface area contributed by atoms with Gasteiger partial charge in [-0.1, -0.05) is 0 Å². The average Bonchev–Trinajstić information content (AvgIpc) is 3.50. The third-order valence-corrected chi connectivity index (χ3v) is 4.74. The minimum absolute atomic E-state index is 0.0299. The van der Waals surface area contributed by atoms with Crippen molar-refractivity contribution in [2.75, 3.05) is 13.2 Å². The van der Waals surface area contributed by atoms with Crippen LogP contribution < -0.4 is 21.3 Å². The fraction of sp³-hybridized carbons (Fsp3) is 0.450. The van der Waals surface area contributed by atoms with E-state index in [1.165, 1.54) is 32.0 Å². The predicted octanol–water partition coefficient (Wildman–Crippen LogP) is -3.02. The van der Waals surface area contributed by atoms with E-state index in [4.69, 9.17) is 0 Å². The zero-order valence-electron chi connectivity index (χ0n) is 18.9. The summed E-state index contributed by atoms with van der Waals surface area (Å²) in [5.41, 5.74) is 0.839. The Hall–Kier alpha value is -4.27. The van der Waals surface area contributed by atoms with E-state index in [0.29, 0.717) is 11.4 Å². The highest BCUT2D eigenvalue weighted by Gasteiger charge is 2.30. The van der Waals surface area contributed by atoms with Crippen molar-refractivity contribution in [3.8, 4) is 0 Å². The molecule has 0 aromatic carbocycles. The number of carbonyl (C=O) groups excluding carboxylic acids is 4. The Kier molecular flexibility index (Phi) is 10.4. The van der Waals surface area contributed by atoms with Gasteiger partial charge in [-0.05, 0) is 0 Å². The lowest BCUT2D eigenvalue weighted by molar-refractivity contribution is -0.142. The number of carboxylic acid groups (broad SMARTS) is 1. The zero-order chi connectivity index (χ0) is 25.8. The number of rotatable bonds is 14. The molecule has 15 nitrogen and oxygen atoms in total. The fourth-order valence-corrected chi connectivity index (χ4v) is 2.99. The number of aliphatic carboxylic acids is 1. The summed E-state index contributed by atoms with van der Waals surface area (Å²) in [4.78, 5) is 73.6. The third kappa shape index (κ3) is 9.24.